The van der Waals surface area contributed by atoms with Gasteiger partial charge in [0.2, 0.25) is 11.8 Å². The molecule has 1 N–H and O–H groups in total. The van der Waals surface area contributed by atoms with Crippen LogP contribution in [0.4, 0.5) is 0 Å². The number of carbonyl (C=O) groups excluding carboxylic acids is 3. The van der Waals surface area contributed by atoms with Gasteiger partial charge in [-0.15, -0.1) is 0 Å². The maximum atomic E-state index is 13.4. The number of hydrogen-bond donors (Lipinski definition) is 1. The van der Waals surface area contributed by atoms with E-state index in [-0.39, 0.29) is 54.2 Å². The highest BCUT2D eigenvalue weighted by Gasteiger charge is 2.40. The van der Waals surface area contributed by atoms with E-state index in [0.717, 1.165) is 10.7 Å². The molecule has 0 spiro atoms. The average Bonchev–Trinajstić information content (AvgIpc) is 3.05. The van der Waals surface area contributed by atoms with Gasteiger partial charge in [-0.1, -0.05) is 55.2 Å². The molecule has 0 fully saturated rings. The molecule has 200 valence electrons. The molecule has 8 nitrogen and oxygen atoms in total. The molecular formula is C26H31Cl2N3O5S. The van der Waals surface area contributed by atoms with Gasteiger partial charge in [0.25, 0.3) is 15.9 Å². The second kappa shape index (κ2) is 12.3. The van der Waals surface area contributed by atoms with Crippen LogP contribution in [-0.4, -0.2) is 54.0 Å². The number of amides is 3. The minimum atomic E-state index is -3.96. The van der Waals surface area contributed by atoms with Crippen LogP contribution < -0.4 is 5.32 Å². The standard InChI is InChI=1S/C26H31Cl2N3O5S/c1-4-17(3)29-25(33)22(5-2)30(16-18-12-13-19(27)15-21(18)28)24(32)11-8-14-31-26(34)20-9-6-7-10-23(20)37(31,35)36/h6-7,9-10,12-13,15,17,22H,4-5,8,11,14,16H2,1-3H3,(H,29,33)/t17-,22-/m1/s1. The Hall–Kier alpha value is -2.62. The van der Waals surface area contributed by atoms with E-state index in [1.807, 2.05) is 20.8 Å². The Kier molecular flexibility index (Phi) is 9.61. The van der Waals surface area contributed by atoms with Crippen molar-refractivity contribution in [1.82, 2.24) is 14.5 Å². The van der Waals surface area contributed by atoms with Crippen LogP contribution in [-0.2, 0) is 26.2 Å². The SMILES string of the molecule is CC[C@@H](C)NC(=O)[C@@H](CC)N(Cc1ccc(Cl)cc1Cl)C(=O)CCCN1C(=O)c2ccccc2S1(=O)=O. The number of nitrogens with zero attached hydrogens (tertiary/aromatic N) is 2. The Morgan fingerprint density at radius 2 is 1.78 bits per heavy atom. The first-order chi connectivity index (χ1) is 17.5. The number of sulfonamides is 1. The van der Waals surface area contributed by atoms with Gasteiger partial charge in [-0.25, -0.2) is 12.7 Å². The van der Waals surface area contributed by atoms with Gasteiger partial charge in [0, 0.05) is 35.6 Å². The Morgan fingerprint density at radius 3 is 2.41 bits per heavy atom. The van der Waals surface area contributed by atoms with E-state index in [4.69, 9.17) is 23.2 Å². The molecule has 0 aliphatic carbocycles. The zero-order chi connectivity index (χ0) is 27.3. The zero-order valence-electron chi connectivity index (χ0n) is 21.0. The summed E-state index contributed by atoms with van der Waals surface area (Å²) in [5, 5.41) is 3.75. The average molecular weight is 569 g/mol. The molecule has 0 saturated carbocycles. The third-order valence-electron chi connectivity index (χ3n) is 6.41. The van der Waals surface area contributed by atoms with Crippen molar-refractivity contribution >= 4 is 50.9 Å². The molecule has 0 aromatic heterocycles. The predicted octanol–water partition coefficient (Wildman–Crippen LogP) is 4.64. The molecular weight excluding hydrogens is 537 g/mol. The van der Waals surface area contributed by atoms with E-state index in [1.165, 1.54) is 17.0 Å². The first-order valence-electron chi connectivity index (χ1n) is 12.2. The first kappa shape index (κ1) is 28.9. The summed E-state index contributed by atoms with van der Waals surface area (Å²) in [6.07, 6.45) is 1.15. The molecule has 3 rings (SSSR count). The topological polar surface area (TPSA) is 104 Å². The number of fused-ring (bicyclic) bond motifs is 1. The van der Waals surface area contributed by atoms with Crippen molar-refractivity contribution in [1.29, 1.82) is 0 Å². The first-order valence-corrected chi connectivity index (χ1v) is 14.4. The number of benzene rings is 2. The van der Waals surface area contributed by atoms with Crippen LogP contribution in [0, 0.1) is 0 Å². The maximum absolute atomic E-state index is 13.4. The molecule has 1 aliphatic rings. The maximum Gasteiger partial charge on any atom is 0.269 e. The largest absolute Gasteiger partial charge is 0.352 e. The molecule has 2 aromatic rings. The predicted molar refractivity (Wildman–Crippen MR) is 143 cm³/mol. The quantitative estimate of drug-likeness (QED) is 0.426. The van der Waals surface area contributed by atoms with E-state index in [2.05, 4.69) is 5.32 Å². The van der Waals surface area contributed by atoms with E-state index in [9.17, 15) is 22.8 Å². The molecule has 2 aromatic carbocycles. The number of hydrogen-bond acceptors (Lipinski definition) is 5. The monoisotopic (exact) mass is 567 g/mol. The second-order valence-corrected chi connectivity index (χ2v) is 11.7. The van der Waals surface area contributed by atoms with Crippen molar-refractivity contribution in [2.75, 3.05) is 6.54 Å². The van der Waals surface area contributed by atoms with Crippen molar-refractivity contribution in [3.05, 3.63) is 63.6 Å². The molecule has 3 amide bonds. The summed E-state index contributed by atoms with van der Waals surface area (Å²) < 4.78 is 26.4. The molecule has 2 atom stereocenters. The normalized spacial score (nSPS) is 15.7. The summed E-state index contributed by atoms with van der Waals surface area (Å²) in [6.45, 7) is 5.59. The summed E-state index contributed by atoms with van der Waals surface area (Å²) >= 11 is 12.4. The van der Waals surface area contributed by atoms with Crippen LogP contribution >= 0.6 is 23.2 Å². The fraction of sp³-hybridized carbons (Fsp3) is 0.423. The summed E-state index contributed by atoms with van der Waals surface area (Å²) in [4.78, 5) is 40.6. The number of rotatable bonds is 11. The second-order valence-electron chi connectivity index (χ2n) is 8.98. The zero-order valence-corrected chi connectivity index (χ0v) is 23.4. The Balaban J connectivity index is 1.78. The van der Waals surface area contributed by atoms with Gasteiger partial charge in [0.15, 0.2) is 0 Å². The molecule has 11 heteroatoms. The van der Waals surface area contributed by atoms with Gasteiger partial charge >= 0.3 is 0 Å². The lowest BCUT2D eigenvalue weighted by molar-refractivity contribution is -0.141. The van der Waals surface area contributed by atoms with E-state index >= 15 is 0 Å². The molecule has 0 saturated heterocycles. The van der Waals surface area contributed by atoms with Crippen LogP contribution in [0.2, 0.25) is 10.0 Å². The lowest BCUT2D eigenvalue weighted by Gasteiger charge is -2.32. The number of halogens is 2. The van der Waals surface area contributed by atoms with Gasteiger partial charge in [0.05, 0.1) is 5.56 Å². The van der Waals surface area contributed by atoms with Crippen molar-refractivity contribution in [3.8, 4) is 0 Å². The van der Waals surface area contributed by atoms with Crippen molar-refractivity contribution in [2.45, 2.75) is 70.0 Å². The summed E-state index contributed by atoms with van der Waals surface area (Å²) in [6, 6.07) is 10.2. The Labute approximate surface area is 228 Å². The highest BCUT2D eigenvalue weighted by atomic mass is 35.5. The van der Waals surface area contributed by atoms with Crippen molar-refractivity contribution < 1.29 is 22.8 Å². The molecule has 1 heterocycles. The third kappa shape index (κ3) is 6.45. The highest BCUT2D eigenvalue weighted by molar-refractivity contribution is 7.90. The minimum Gasteiger partial charge on any atom is -0.352 e. The Bertz CT molecular complexity index is 1280. The molecule has 1 aliphatic heterocycles. The fourth-order valence-corrected chi connectivity index (χ4v) is 6.24. The van der Waals surface area contributed by atoms with Gasteiger partial charge in [-0.2, -0.15) is 0 Å². The summed E-state index contributed by atoms with van der Waals surface area (Å²) in [5.74, 6) is -1.23. The highest BCUT2D eigenvalue weighted by Crippen LogP contribution is 2.30. The van der Waals surface area contributed by atoms with Crippen LogP contribution in [0.3, 0.4) is 0 Å². The van der Waals surface area contributed by atoms with Crippen LogP contribution in [0.1, 0.15) is 62.4 Å². The van der Waals surface area contributed by atoms with E-state index < -0.39 is 22.0 Å². The van der Waals surface area contributed by atoms with Gasteiger partial charge in [-0.3, -0.25) is 14.4 Å². The van der Waals surface area contributed by atoms with E-state index in [0.29, 0.717) is 22.0 Å². The number of carbonyl (C=O) groups is 3. The van der Waals surface area contributed by atoms with Gasteiger partial charge < -0.3 is 10.2 Å². The summed E-state index contributed by atoms with van der Waals surface area (Å²) in [5.41, 5.74) is 0.752. The summed E-state index contributed by atoms with van der Waals surface area (Å²) in [7, 11) is -3.96. The molecule has 0 unspecified atom stereocenters. The number of nitrogens with one attached hydrogen (secondary N) is 1. The van der Waals surface area contributed by atoms with Crippen LogP contribution in [0.5, 0.6) is 0 Å². The fourth-order valence-electron chi connectivity index (χ4n) is 4.16. The van der Waals surface area contributed by atoms with Crippen molar-refractivity contribution in [2.24, 2.45) is 0 Å². The van der Waals surface area contributed by atoms with Gasteiger partial charge in [0.1, 0.15) is 10.9 Å². The van der Waals surface area contributed by atoms with Crippen LogP contribution in [0.15, 0.2) is 47.4 Å². The minimum absolute atomic E-state index is 0.0295. The van der Waals surface area contributed by atoms with E-state index in [1.54, 1.807) is 30.3 Å². The van der Waals surface area contributed by atoms with Gasteiger partial charge in [-0.05, 0) is 56.0 Å². The molecule has 0 bridgehead atoms. The third-order valence-corrected chi connectivity index (χ3v) is 8.83. The van der Waals surface area contributed by atoms with Crippen LogP contribution in [0.25, 0.3) is 0 Å². The van der Waals surface area contributed by atoms with Crippen molar-refractivity contribution in [3.63, 3.8) is 0 Å². The lowest BCUT2D eigenvalue weighted by atomic mass is 10.1. The molecule has 37 heavy (non-hydrogen) atoms. The molecule has 0 radical (unpaired) electrons. The Morgan fingerprint density at radius 1 is 1.08 bits per heavy atom. The lowest BCUT2D eigenvalue weighted by Crippen LogP contribution is -2.50. The smallest absolute Gasteiger partial charge is 0.269 e.